The average Bonchev–Trinajstić information content (AvgIpc) is 2.85. The number of nitrogens with zero attached hydrogens (tertiary/aromatic N) is 1. The molecule has 1 aromatic heterocycles. The Labute approximate surface area is 199 Å². The summed E-state index contributed by atoms with van der Waals surface area (Å²) in [5.41, 5.74) is 3.67. The summed E-state index contributed by atoms with van der Waals surface area (Å²) >= 11 is 0. The van der Waals surface area contributed by atoms with E-state index in [-0.39, 0.29) is 23.8 Å². The number of aromatic nitrogens is 1. The third-order valence-corrected chi connectivity index (χ3v) is 6.46. The summed E-state index contributed by atoms with van der Waals surface area (Å²) in [6.45, 7) is 5.06. The Morgan fingerprint density at radius 3 is 2.62 bits per heavy atom. The van der Waals surface area contributed by atoms with E-state index in [1.54, 1.807) is 19.2 Å². The third kappa shape index (κ3) is 5.37. The maximum Gasteiger partial charge on any atom is 0.306 e. The molecule has 3 aromatic rings. The second-order valence-electron chi connectivity index (χ2n) is 8.98. The van der Waals surface area contributed by atoms with Gasteiger partial charge in [0, 0.05) is 24.8 Å². The summed E-state index contributed by atoms with van der Waals surface area (Å²) < 4.78 is 14.9. The highest BCUT2D eigenvalue weighted by Crippen LogP contribution is 2.30. The van der Waals surface area contributed by atoms with Crippen LogP contribution in [-0.4, -0.2) is 35.2 Å². The molecule has 178 valence electrons. The summed E-state index contributed by atoms with van der Waals surface area (Å²) in [7, 11) is 0. The van der Waals surface area contributed by atoms with Gasteiger partial charge in [0.25, 0.3) is 0 Å². The minimum absolute atomic E-state index is 0.105. The number of hydrogen-bond acceptors (Lipinski definition) is 5. The average molecular weight is 463 g/mol. The predicted octanol–water partition coefficient (Wildman–Crippen LogP) is 4.82. The molecule has 2 unspecified atom stereocenters. The first kappa shape index (κ1) is 23.7. The fraction of sp³-hybridized carbons (Fsp3) is 0.333. The topological polar surface area (TPSA) is 86.3 Å². The molecular weight excluding hydrogens is 431 g/mol. The highest BCUT2D eigenvalue weighted by Gasteiger charge is 2.29. The van der Waals surface area contributed by atoms with Gasteiger partial charge >= 0.3 is 5.97 Å². The molecule has 34 heavy (non-hydrogen) atoms. The van der Waals surface area contributed by atoms with E-state index in [1.807, 2.05) is 42.5 Å². The van der Waals surface area contributed by atoms with E-state index in [0.29, 0.717) is 25.1 Å². The lowest BCUT2D eigenvalue weighted by molar-refractivity contribution is -0.141. The molecule has 4 N–H and O–H groups in total. The number of hydrogen-bond donors (Lipinski definition) is 4. The second kappa shape index (κ2) is 10.7. The van der Waals surface area contributed by atoms with Crippen molar-refractivity contribution < 1.29 is 14.3 Å². The molecule has 0 saturated heterocycles. The molecule has 0 aliphatic carbocycles. The molecule has 1 aliphatic rings. The van der Waals surface area contributed by atoms with Gasteiger partial charge in [-0.05, 0) is 41.7 Å². The van der Waals surface area contributed by atoms with Crippen LogP contribution in [-0.2, 0) is 11.2 Å². The molecule has 2 aromatic carbocycles. The van der Waals surface area contributed by atoms with Crippen LogP contribution in [0.1, 0.15) is 42.5 Å². The summed E-state index contributed by atoms with van der Waals surface area (Å²) in [6, 6.07) is 18.2. The number of rotatable bonds is 9. The Bertz CT molecular complexity index is 1140. The fourth-order valence-electron chi connectivity index (χ4n) is 4.54. The van der Waals surface area contributed by atoms with Crippen molar-refractivity contribution in [3.05, 3.63) is 89.4 Å². The molecule has 0 fully saturated rings. The highest BCUT2D eigenvalue weighted by atomic mass is 19.1. The van der Waals surface area contributed by atoms with Crippen LogP contribution in [0.5, 0.6) is 0 Å². The quantitative estimate of drug-likeness (QED) is 0.365. The molecule has 2 heterocycles. The van der Waals surface area contributed by atoms with Gasteiger partial charge in [-0.2, -0.15) is 0 Å². The number of pyridine rings is 1. The zero-order valence-corrected chi connectivity index (χ0v) is 19.5. The van der Waals surface area contributed by atoms with Crippen LogP contribution >= 0.6 is 0 Å². The number of carboxylic acids is 1. The van der Waals surface area contributed by atoms with Gasteiger partial charge < -0.3 is 21.1 Å². The van der Waals surface area contributed by atoms with E-state index in [1.165, 1.54) is 6.07 Å². The summed E-state index contributed by atoms with van der Waals surface area (Å²) in [5.74, 6) is -0.657. The van der Waals surface area contributed by atoms with E-state index in [2.05, 4.69) is 33.9 Å². The minimum Gasteiger partial charge on any atom is -0.481 e. The molecule has 0 radical (unpaired) electrons. The smallest absolute Gasteiger partial charge is 0.306 e. The van der Waals surface area contributed by atoms with Gasteiger partial charge in [-0.3, -0.25) is 4.79 Å². The van der Waals surface area contributed by atoms with Gasteiger partial charge in [0.2, 0.25) is 0 Å². The van der Waals surface area contributed by atoms with Gasteiger partial charge in [0.15, 0.2) is 0 Å². The van der Waals surface area contributed by atoms with E-state index in [4.69, 9.17) is 0 Å². The highest BCUT2D eigenvalue weighted by molar-refractivity contribution is 5.70. The summed E-state index contributed by atoms with van der Waals surface area (Å²) in [5, 5.41) is 19.8. The number of benzene rings is 2. The Kier molecular flexibility index (Phi) is 7.43. The number of nitrogens with one attached hydrogen (secondary N) is 3. The van der Waals surface area contributed by atoms with Crippen LogP contribution in [0.2, 0.25) is 0 Å². The van der Waals surface area contributed by atoms with Gasteiger partial charge in [-0.1, -0.05) is 56.3 Å². The Morgan fingerprint density at radius 1 is 1.12 bits per heavy atom. The van der Waals surface area contributed by atoms with Gasteiger partial charge in [-0.25, -0.2) is 9.37 Å². The minimum atomic E-state index is -0.801. The van der Waals surface area contributed by atoms with Crippen molar-refractivity contribution in [1.82, 2.24) is 10.3 Å². The number of carboxylic acid groups (broad SMARTS) is 1. The lowest BCUT2D eigenvalue weighted by atomic mass is 9.89. The van der Waals surface area contributed by atoms with Crippen molar-refractivity contribution in [2.75, 3.05) is 23.7 Å². The Balaban J connectivity index is 1.54. The molecule has 7 heteroatoms. The van der Waals surface area contributed by atoms with E-state index < -0.39 is 11.9 Å². The van der Waals surface area contributed by atoms with Crippen molar-refractivity contribution >= 4 is 17.5 Å². The normalized spacial score (nSPS) is 17.6. The van der Waals surface area contributed by atoms with Gasteiger partial charge in [0.1, 0.15) is 11.6 Å². The molecular formula is C27H31FN4O2. The van der Waals surface area contributed by atoms with Gasteiger partial charge in [-0.15, -0.1) is 0 Å². The van der Waals surface area contributed by atoms with E-state index in [9.17, 15) is 14.3 Å². The zero-order chi connectivity index (χ0) is 24.1. The Hall–Kier alpha value is -3.45. The number of fused-ring (bicyclic) bond motifs is 1. The maximum absolute atomic E-state index is 14.9. The molecule has 1 aliphatic heterocycles. The number of anilines is 2. The second-order valence-corrected chi connectivity index (χ2v) is 8.98. The van der Waals surface area contributed by atoms with Crippen molar-refractivity contribution in [2.45, 2.75) is 38.3 Å². The van der Waals surface area contributed by atoms with Crippen molar-refractivity contribution in [3.63, 3.8) is 0 Å². The monoisotopic (exact) mass is 462 g/mol. The van der Waals surface area contributed by atoms with Crippen LogP contribution in [0.3, 0.4) is 0 Å². The van der Waals surface area contributed by atoms with E-state index >= 15 is 0 Å². The van der Waals surface area contributed by atoms with E-state index in [0.717, 1.165) is 22.6 Å². The molecule has 0 amide bonds. The predicted molar refractivity (Wildman–Crippen MR) is 133 cm³/mol. The van der Waals surface area contributed by atoms with Crippen LogP contribution < -0.4 is 16.0 Å². The summed E-state index contributed by atoms with van der Waals surface area (Å²) in [4.78, 5) is 15.8. The van der Waals surface area contributed by atoms with Crippen LogP contribution in [0.25, 0.3) is 0 Å². The number of halogens is 1. The van der Waals surface area contributed by atoms with Crippen LogP contribution in [0.15, 0.2) is 66.9 Å². The third-order valence-electron chi connectivity index (χ3n) is 6.46. The van der Waals surface area contributed by atoms with Crippen molar-refractivity contribution in [1.29, 1.82) is 0 Å². The molecule has 0 saturated carbocycles. The SMILES string of the molecule is CC(Cc1ccccc1C(C)CN[C@H](c1ccccc1F)[C@H]1CNc2cccnc2N1)C(=O)O. The maximum atomic E-state index is 14.9. The largest absolute Gasteiger partial charge is 0.481 e. The molecule has 6 nitrogen and oxygen atoms in total. The number of aliphatic carboxylic acids is 1. The lowest BCUT2D eigenvalue weighted by Crippen LogP contribution is -2.45. The first-order valence-electron chi connectivity index (χ1n) is 11.7. The van der Waals surface area contributed by atoms with Crippen LogP contribution in [0, 0.1) is 11.7 Å². The number of carbonyl (C=O) groups is 1. The first-order valence-corrected chi connectivity index (χ1v) is 11.7. The van der Waals surface area contributed by atoms with Crippen molar-refractivity contribution in [3.8, 4) is 0 Å². The lowest BCUT2D eigenvalue weighted by Gasteiger charge is -2.35. The molecule has 0 bridgehead atoms. The zero-order valence-electron chi connectivity index (χ0n) is 19.5. The molecule has 0 spiro atoms. The van der Waals surface area contributed by atoms with Crippen LogP contribution in [0.4, 0.5) is 15.9 Å². The fourth-order valence-corrected chi connectivity index (χ4v) is 4.54. The summed E-state index contributed by atoms with van der Waals surface area (Å²) in [6.07, 6.45) is 2.21. The van der Waals surface area contributed by atoms with Crippen molar-refractivity contribution in [2.24, 2.45) is 5.92 Å². The van der Waals surface area contributed by atoms with Gasteiger partial charge in [0.05, 0.1) is 23.7 Å². The Morgan fingerprint density at radius 2 is 1.85 bits per heavy atom. The first-order chi connectivity index (χ1) is 16.4. The standard InChI is InChI=1S/C27H31FN4O2/c1-17(27(33)34)14-19-8-3-4-9-20(19)18(2)15-31-25(21-10-5-6-11-22(21)28)24-16-30-23-12-7-13-29-26(23)32-24/h3-13,17-18,24-25,30-31H,14-16H2,1-2H3,(H,29,32)(H,33,34)/t17?,18?,24-,25-/m1/s1. The molecule has 4 rings (SSSR count). The molecule has 4 atom stereocenters.